The number of hydrogen-bond acceptors (Lipinski definition) is 3. The first-order valence-corrected chi connectivity index (χ1v) is 11.4. The van der Waals surface area contributed by atoms with Crippen molar-refractivity contribution >= 4 is 16.7 Å². The summed E-state index contributed by atoms with van der Waals surface area (Å²) in [5.41, 5.74) is 1.20. The van der Waals surface area contributed by atoms with Gasteiger partial charge >= 0.3 is 0 Å². The molecule has 2 atom stereocenters. The normalized spacial score (nSPS) is 21.5. The lowest BCUT2D eigenvalue weighted by Crippen LogP contribution is -2.51. The molecule has 0 radical (unpaired) electrons. The van der Waals surface area contributed by atoms with Crippen LogP contribution in [0.1, 0.15) is 42.5 Å². The third-order valence-electron chi connectivity index (χ3n) is 6.96. The Morgan fingerprint density at radius 1 is 0.903 bits per heavy atom. The van der Waals surface area contributed by atoms with Crippen molar-refractivity contribution in [3.63, 3.8) is 0 Å². The zero-order chi connectivity index (χ0) is 21.2. The number of rotatable bonds is 4. The van der Waals surface area contributed by atoms with Crippen LogP contribution < -0.4 is 10.9 Å². The highest BCUT2D eigenvalue weighted by molar-refractivity contribution is 6.06. The van der Waals surface area contributed by atoms with E-state index in [-0.39, 0.29) is 11.5 Å². The highest BCUT2D eigenvalue weighted by Gasteiger charge is 2.33. The lowest BCUT2D eigenvalue weighted by molar-refractivity contribution is 0.0576. The fraction of sp³-hybridized carbons (Fsp3) is 0.385. The predicted molar refractivity (Wildman–Crippen MR) is 124 cm³/mol. The molecule has 0 saturated carbocycles. The first-order valence-electron chi connectivity index (χ1n) is 11.4. The lowest BCUT2D eigenvalue weighted by Gasteiger charge is -2.44. The van der Waals surface area contributed by atoms with Gasteiger partial charge in [0.25, 0.3) is 11.5 Å². The Labute approximate surface area is 182 Å². The van der Waals surface area contributed by atoms with Crippen molar-refractivity contribution in [2.75, 3.05) is 19.6 Å². The van der Waals surface area contributed by atoms with E-state index in [1.165, 1.54) is 45.2 Å². The average molecular weight is 416 g/mol. The molecule has 160 valence electrons. The zero-order valence-corrected chi connectivity index (χ0v) is 17.8. The Hall–Kier alpha value is -2.92. The van der Waals surface area contributed by atoms with Gasteiger partial charge in [-0.1, -0.05) is 42.8 Å². The van der Waals surface area contributed by atoms with Gasteiger partial charge in [0, 0.05) is 35.2 Å². The number of fused-ring (bicyclic) bond motifs is 2. The molecule has 5 heteroatoms. The molecule has 3 heterocycles. The van der Waals surface area contributed by atoms with Gasteiger partial charge in [-0.3, -0.25) is 14.2 Å². The van der Waals surface area contributed by atoms with Crippen molar-refractivity contribution in [2.45, 2.75) is 38.1 Å². The van der Waals surface area contributed by atoms with Gasteiger partial charge in [0.15, 0.2) is 0 Å². The molecule has 3 aromatic rings. The van der Waals surface area contributed by atoms with Crippen LogP contribution in [0, 0.1) is 5.92 Å². The van der Waals surface area contributed by atoms with Gasteiger partial charge in [0.2, 0.25) is 0 Å². The summed E-state index contributed by atoms with van der Waals surface area (Å²) in [5.74, 6) is 0.401. The smallest absolute Gasteiger partial charge is 0.262 e. The van der Waals surface area contributed by atoms with E-state index in [0.29, 0.717) is 34.8 Å². The molecule has 31 heavy (non-hydrogen) atoms. The van der Waals surface area contributed by atoms with E-state index in [9.17, 15) is 9.59 Å². The van der Waals surface area contributed by atoms with Gasteiger partial charge in [-0.25, -0.2) is 0 Å². The third-order valence-corrected chi connectivity index (χ3v) is 6.96. The van der Waals surface area contributed by atoms with Crippen LogP contribution in [0.4, 0.5) is 0 Å². The number of carbonyl (C=O) groups is 1. The molecule has 0 spiro atoms. The van der Waals surface area contributed by atoms with Crippen molar-refractivity contribution in [1.29, 1.82) is 0 Å². The number of nitrogens with one attached hydrogen (secondary N) is 1. The largest absolute Gasteiger partial charge is 0.352 e. The van der Waals surface area contributed by atoms with E-state index in [1.807, 2.05) is 48.5 Å². The molecule has 5 nitrogen and oxygen atoms in total. The van der Waals surface area contributed by atoms with Gasteiger partial charge in [-0.05, 0) is 62.9 Å². The summed E-state index contributed by atoms with van der Waals surface area (Å²) in [6.07, 6.45) is 7.90. The summed E-state index contributed by atoms with van der Waals surface area (Å²) in [7, 11) is 0. The molecular formula is C26H29N3O2. The monoisotopic (exact) mass is 415 g/mol. The fourth-order valence-corrected chi connectivity index (χ4v) is 5.39. The average Bonchev–Trinajstić information content (AvgIpc) is 2.83. The Bertz CT molecular complexity index is 1140. The first kappa shape index (κ1) is 20.0. The molecule has 2 fully saturated rings. The minimum Gasteiger partial charge on any atom is -0.352 e. The minimum atomic E-state index is -0.108. The summed E-state index contributed by atoms with van der Waals surface area (Å²) in [6.45, 7) is 3.09. The van der Waals surface area contributed by atoms with E-state index >= 15 is 0 Å². The molecular weight excluding hydrogens is 386 g/mol. The number of hydrogen-bond donors (Lipinski definition) is 1. The molecule has 0 aliphatic carbocycles. The Morgan fingerprint density at radius 3 is 2.48 bits per heavy atom. The molecule has 1 N–H and O–H groups in total. The second kappa shape index (κ2) is 8.67. The van der Waals surface area contributed by atoms with Gasteiger partial charge in [-0.15, -0.1) is 0 Å². The topological polar surface area (TPSA) is 54.3 Å². The van der Waals surface area contributed by atoms with E-state index in [4.69, 9.17) is 0 Å². The van der Waals surface area contributed by atoms with Gasteiger partial charge in [0.05, 0.1) is 5.56 Å². The highest BCUT2D eigenvalue weighted by atomic mass is 16.2. The van der Waals surface area contributed by atoms with Gasteiger partial charge in [-0.2, -0.15) is 0 Å². The second-order valence-corrected chi connectivity index (χ2v) is 8.81. The SMILES string of the molecule is O=C(NCC1CCCN2CCCCC12)c1cn(-c2ccccc2)c(=O)c2ccccc12. The maximum absolute atomic E-state index is 13.3. The highest BCUT2D eigenvalue weighted by Crippen LogP contribution is 2.30. The van der Waals surface area contributed by atoms with Gasteiger partial charge < -0.3 is 10.2 Å². The minimum absolute atomic E-state index is 0.103. The van der Waals surface area contributed by atoms with Crippen LogP contribution in [0.2, 0.25) is 0 Å². The van der Waals surface area contributed by atoms with Crippen LogP contribution >= 0.6 is 0 Å². The Morgan fingerprint density at radius 2 is 1.65 bits per heavy atom. The summed E-state index contributed by atoms with van der Waals surface area (Å²) in [4.78, 5) is 29.0. The number of pyridine rings is 1. The first-order chi connectivity index (χ1) is 15.2. The van der Waals surface area contributed by atoms with Crippen LogP contribution in [0.25, 0.3) is 16.5 Å². The molecule has 1 amide bonds. The van der Waals surface area contributed by atoms with Gasteiger partial charge in [0.1, 0.15) is 0 Å². The number of nitrogens with zero attached hydrogens (tertiary/aromatic N) is 2. The molecule has 2 saturated heterocycles. The van der Waals surface area contributed by atoms with Crippen molar-refractivity contribution in [3.8, 4) is 5.69 Å². The van der Waals surface area contributed by atoms with Crippen molar-refractivity contribution < 1.29 is 4.79 Å². The standard InChI is InChI=1S/C26H29N3O2/c30-25(27-17-19-9-8-16-28-15-7-6-14-24(19)28)23-18-29(20-10-2-1-3-11-20)26(31)22-13-5-4-12-21(22)23/h1-5,10-13,18-19,24H,6-9,14-17H2,(H,27,30). The van der Waals surface area contributed by atoms with Crippen molar-refractivity contribution in [1.82, 2.24) is 14.8 Å². The summed E-state index contributed by atoms with van der Waals surface area (Å²) < 4.78 is 1.58. The number of benzene rings is 2. The molecule has 2 aromatic carbocycles. The van der Waals surface area contributed by atoms with Crippen molar-refractivity contribution in [2.24, 2.45) is 5.92 Å². The summed E-state index contributed by atoms with van der Waals surface area (Å²) in [5, 5.41) is 4.48. The number of carbonyl (C=O) groups excluding carboxylic acids is 1. The number of piperidine rings is 2. The maximum atomic E-state index is 13.3. The zero-order valence-electron chi connectivity index (χ0n) is 17.8. The lowest BCUT2D eigenvalue weighted by atomic mass is 9.83. The van der Waals surface area contributed by atoms with Crippen LogP contribution in [0.5, 0.6) is 0 Å². The molecule has 5 rings (SSSR count). The van der Waals surface area contributed by atoms with E-state index in [2.05, 4.69) is 10.2 Å². The Balaban J connectivity index is 1.44. The van der Waals surface area contributed by atoms with Crippen LogP contribution in [-0.4, -0.2) is 41.1 Å². The van der Waals surface area contributed by atoms with E-state index in [1.54, 1.807) is 16.8 Å². The molecule has 0 bridgehead atoms. The van der Waals surface area contributed by atoms with Crippen LogP contribution in [-0.2, 0) is 0 Å². The maximum Gasteiger partial charge on any atom is 0.262 e. The van der Waals surface area contributed by atoms with Crippen LogP contribution in [0.3, 0.4) is 0 Å². The number of aromatic nitrogens is 1. The number of amides is 1. The second-order valence-electron chi connectivity index (χ2n) is 8.81. The summed E-state index contributed by atoms with van der Waals surface area (Å²) >= 11 is 0. The molecule has 2 unspecified atom stereocenters. The molecule has 1 aromatic heterocycles. The molecule has 2 aliphatic heterocycles. The predicted octanol–water partition coefficient (Wildman–Crippen LogP) is 3.99. The van der Waals surface area contributed by atoms with E-state index < -0.39 is 0 Å². The van der Waals surface area contributed by atoms with Crippen LogP contribution in [0.15, 0.2) is 65.6 Å². The number of para-hydroxylation sites is 1. The quantitative estimate of drug-likeness (QED) is 0.701. The molecule has 2 aliphatic rings. The Kier molecular flexibility index (Phi) is 5.60. The third kappa shape index (κ3) is 3.90. The van der Waals surface area contributed by atoms with Crippen molar-refractivity contribution in [3.05, 3.63) is 76.7 Å². The fourth-order valence-electron chi connectivity index (χ4n) is 5.39. The summed E-state index contributed by atoms with van der Waals surface area (Å²) in [6, 6.07) is 17.5. The van der Waals surface area contributed by atoms with E-state index in [0.717, 1.165) is 5.69 Å².